The molecule has 0 aliphatic heterocycles. The maximum Gasteiger partial charge on any atom is 0.0632 e. The average Bonchev–Trinajstić information content (AvgIpc) is 2.35. The fraction of sp³-hybridized carbons (Fsp3) is 0.267. The van der Waals surface area contributed by atoms with Crippen molar-refractivity contribution < 1.29 is 0 Å². The van der Waals surface area contributed by atoms with Gasteiger partial charge in [0.25, 0.3) is 0 Å². The minimum absolute atomic E-state index is 1.04. The van der Waals surface area contributed by atoms with Crippen LogP contribution in [0.5, 0.6) is 0 Å². The predicted molar refractivity (Wildman–Crippen MR) is 70.4 cm³/mol. The molecule has 1 aromatic heterocycles. The van der Waals surface area contributed by atoms with Crippen LogP contribution in [0.2, 0.25) is 0 Å². The first-order chi connectivity index (χ1) is 7.83. The van der Waals surface area contributed by atoms with E-state index >= 15 is 0 Å². The summed E-state index contributed by atoms with van der Waals surface area (Å²) in [6.45, 7) is 4.31. The highest BCUT2D eigenvalue weighted by molar-refractivity contribution is 5.83. The smallest absolute Gasteiger partial charge is 0.0632 e. The van der Waals surface area contributed by atoms with Gasteiger partial charge in [-0.25, -0.2) is 0 Å². The summed E-state index contributed by atoms with van der Waals surface area (Å²) in [4.78, 5) is 4.41. The summed E-state index contributed by atoms with van der Waals surface area (Å²) >= 11 is 0. The normalized spacial score (nSPS) is 11.4. The summed E-state index contributed by atoms with van der Waals surface area (Å²) in [6, 6.07) is 8.72. The zero-order valence-electron chi connectivity index (χ0n) is 9.90. The van der Waals surface area contributed by atoms with Gasteiger partial charge in [-0.3, -0.25) is 4.98 Å². The molecule has 0 aliphatic carbocycles. The fourth-order valence-electron chi connectivity index (χ4n) is 1.76. The van der Waals surface area contributed by atoms with Gasteiger partial charge >= 0.3 is 0 Å². The van der Waals surface area contributed by atoms with E-state index < -0.39 is 0 Å². The molecule has 16 heavy (non-hydrogen) atoms. The van der Waals surface area contributed by atoms with Crippen molar-refractivity contribution in [1.82, 2.24) is 4.98 Å². The third-order valence-electron chi connectivity index (χ3n) is 2.74. The van der Waals surface area contributed by atoms with E-state index in [1.165, 1.54) is 16.3 Å². The molecule has 0 bridgehead atoms. The lowest BCUT2D eigenvalue weighted by atomic mass is 10.1. The van der Waals surface area contributed by atoms with Crippen LogP contribution in [0, 0.1) is 0 Å². The largest absolute Gasteiger partial charge is 0.256 e. The van der Waals surface area contributed by atoms with Crippen LogP contribution in [0.25, 0.3) is 16.8 Å². The zero-order valence-corrected chi connectivity index (χ0v) is 9.90. The van der Waals surface area contributed by atoms with Crippen LogP contribution in [0.15, 0.2) is 36.5 Å². The van der Waals surface area contributed by atoms with Crippen molar-refractivity contribution in [2.45, 2.75) is 26.7 Å². The van der Waals surface area contributed by atoms with Crippen molar-refractivity contribution in [2.75, 3.05) is 0 Å². The molecule has 0 spiro atoms. The number of benzene rings is 1. The minimum Gasteiger partial charge on any atom is -0.256 e. The quantitative estimate of drug-likeness (QED) is 0.740. The van der Waals surface area contributed by atoms with E-state index in [0.29, 0.717) is 0 Å². The second-order valence-corrected chi connectivity index (χ2v) is 3.95. The lowest BCUT2D eigenvalue weighted by Crippen LogP contribution is -1.84. The molecule has 0 aliphatic rings. The minimum atomic E-state index is 1.04. The first kappa shape index (κ1) is 10.9. The Morgan fingerprint density at radius 2 is 2.00 bits per heavy atom. The van der Waals surface area contributed by atoms with E-state index in [1.54, 1.807) is 0 Å². The molecule has 2 rings (SSSR count). The van der Waals surface area contributed by atoms with Crippen molar-refractivity contribution >= 4 is 16.8 Å². The van der Waals surface area contributed by atoms with Crippen molar-refractivity contribution in [3.63, 3.8) is 0 Å². The summed E-state index contributed by atoms with van der Waals surface area (Å²) in [7, 11) is 0. The molecule has 0 unspecified atom stereocenters. The molecule has 0 saturated heterocycles. The number of nitrogens with zero attached hydrogens (tertiary/aromatic N) is 1. The predicted octanol–water partition coefficient (Wildman–Crippen LogP) is 4.22. The Bertz CT molecular complexity index is 512. The molecule has 82 valence electrons. The van der Waals surface area contributed by atoms with Gasteiger partial charge in [0.1, 0.15) is 0 Å². The molecular weight excluding hydrogens is 194 g/mol. The van der Waals surface area contributed by atoms with E-state index in [-0.39, 0.29) is 0 Å². The highest BCUT2D eigenvalue weighted by Gasteiger charge is 1.97. The molecule has 0 saturated carbocycles. The molecule has 1 heterocycles. The van der Waals surface area contributed by atoms with Crippen molar-refractivity contribution in [2.24, 2.45) is 0 Å². The number of rotatable bonds is 3. The lowest BCUT2D eigenvalue weighted by Gasteiger charge is -2.02. The van der Waals surface area contributed by atoms with Crippen LogP contribution in [0.1, 0.15) is 31.5 Å². The zero-order chi connectivity index (χ0) is 11.4. The second kappa shape index (κ2) is 4.93. The molecule has 0 N–H and O–H groups in total. The summed E-state index contributed by atoms with van der Waals surface area (Å²) in [6.07, 6.45) is 8.30. The molecule has 1 nitrogen and oxygen atoms in total. The van der Waals surface area contributed by atoms with Crippen LogP contribution < -0.4 is 0 Å². The summed E-state index contributed by atoms with van der Waals surface area (Å²) in [5, 5.41) is 2.50. The molecule has 0 fully saturated rings. The molecule has 0 atom stereocenters. The Morgan fingerprint density at radius 1 is 1.12 bits per heavy atom. The molecule has 1 aromatic carbocycles. The molecular formula is C15H17N. The first-order valence-corrected chi connectivity index (χ1v) is 5.88. The van der Waals surface area contributed by atoms with E-state index in [9.17, 15) is 0 Å². The van der Waals surface area contributed by atoms with E-state index in [0.717, 1.165) is 18.5 Å². The SMILES string of the molecule is CC/C=C/c1cc2cc(CC)ccc2cn1. The summed E-state index contributed by atoms with van der Waals surface area (Å²) < 4.78 is 0. The number of aryl methyl sites for hydroxylation is 1. The van der Waals surface area contributed by atoms with Gasteiger partial charge in [-0.1, -0.05) is 38.1 Å². The fourth-order valence-corrected chi connectivity index (χ4v) is 1.76. The first-order valence-electron chi connectivity index (χ1n) is 5.88. The van der Waals surface area contributed by atoms with E-state index in [4.69, 9.17) is 0 Å². The third kappa shape index (κ3) is 2.30. The number of hydrogen-bond acceptors (Lipinski definition) is 1. The molecule has 0 radical (unpaired) electrons. The average molecular weight is 211 g/mol. The number of aromatic nitrogens is 1. The van der Waals surface area contributed by atoms with Crippen molar-refractivity contribution in [3.05, 3.63) is 47.8 Å². The number of fused-ring (bicyclic) bond motifs is 1. The highest BCUT2D eigenvalue weighted by Crippen LogP contribution is 2.17. The van der Waals surface area contributed by atoms with Crippen molar-refractivity contribution in [1.29, 1.82) is 0 Å². The summed E-state index contributed by atoms with van der Waals surface area (Å²) in [5.74, 6) is 0. The van der Waals surface area contributed by atoms with Gasteiger partial charge in [-0.05, 0) is 35.9 Å². The Kier molecular flexibility index (Phi) is 3.35. The van der Waals surface area contributed by atoms with Crippen molar-refractivity contribution in [3.8, 4) is 0 Å². The van der Waals surface area contributed by atoms with Crippen LogP contribution in [-0.2, 0) is 6.42 Å². The Hall–Kier alpha value is -1.63. The Labute approximate surface area is 96.8 Å². The van der Waals surface area contributed by atoms with Gasteiger partial charge in [-0.2, -0.15) is 0 Å². The maximum atomic E-state index is 4.41. The van der Waals surface area contributed by atoms with Gasteiger partial charge < -0.3 is 0 Å². The standard InChI is InChI=1S/C15H17N/c1-3-5-6-15-10-14-9-12(4-2)7-8-13(14)11-16-15/h5-11H,3-4H2,1-2H3/b6-5+. The monoisotopic (exact) mass is 211 g/mol. The molecule has 2 aromatic rings. The summed E-state index contributed by atoms with van der Waals surface area (Å²) in [5.41, 5.74) is 2.42. The van der Waals surface area contributed by atoms with Crippen LogP contribution in [-0.4, -0.2) is 4.98 Å². The van der Waals surface area contributed by atoms with Crippen LogP contribution in [0.4, 0.5) is 0 Å². The van der Waals surface area contributed by atoms with Gasteiger partial charge in [0.15, 0.2) is 0 Å². The van der Waals surface area contributed by atoms with Gasteiger partial charge in [0, 0.05) is 11.6 Å². The van der Waals surface area contributed by atoms with Gasteiger partial charge in [0.2, 0.25) is 0 Å². The van der Waals surface area contributed by atoms with E-state index in [2.05, 4.69) is 55.2 Å². The van der Waals surface area contributed by atoms with Crippen LogP contribution >= 0.6 is 0 Å². The Morgan fingerprint density at radius 3 is 2.75 bits per heavy atom. The number of pyridine rings is 1. The lowest BCUT2D eigenvalue weighted by molar-refractivity contribution is 1.14. The second-order valence-electron chi connectivity index (χ2n) is 3.95. The third-order valence-corrected chi connectivity index (χ3v) is 2.74. The number of allylic oxidation sites excluding steroid dienone is 1. The maximum absolute atomic E-state index is 4.41. The van der Waals surface area contributed by atoms with Crippen LogP contribution in [0.3, 0.4) is 0 Å². The molecule has 1 heteroatoms. The van der Waals surface area contributed by atoms with Gasteiger partial charge in [-0.15, -0.1) is 0 Å². The highest BCUT2D eigenvalue weighted by atomic mass is 14.7. The van der Waals surface area contributed by atoms with E-state index in [1.807, 2.05) is 6.20 Å². The topological polar surface area (TPSA) is 12.9 Å². The van der Waals surface area contributed by atoms with Gasteiger partial charge in [0.05, 0.1) is 5.69 Å². The Balaban J connectivity index is 2.46. The number of hydrogen-bond donors (Lipinski definition) is 0. The molecule has 0 amide bonds.